The zero-order valence-corrected chi connectivity index (χ0v) is 12.6. The van der Waals surface area contributed by atoms with E-state index in [0.29, 0.717) is 23.8 Å². The Hall–Kier alpha value is -2.20. The maximum atomic E-state index is 6.00. The normalized spacial score (nSPS) is 11.8. The summed E-state index contributed by atoms with van der Waals surface area (Å²) < 4.78 is 16.5. The van der Waals surface area contributed by atoms with Gasteiger partial charge in [-0.2, -0.15) is 0 Å². The molecule has 1 atom stereocenters. The summed E-state index contributed by atoms with van der Waals surface area (Å²) >= 11 is 0. The Bertz CT molecular complexity index is 576. The van der Waals surface area contributed by atoms with Crippen molar-refractivity contribution in [2.45, 2.75) is 13.0 Å². The fourth-order valence-corrected chi connectivity index (χ4v) is 2.14. The van der Waals surface area contributed by atoms with Gasteiger partial charge in [0.15, 0.2) is 0 Å². The topological polar surface area (TPSA) is 53.7 Å². The van der Waals surface area contributed by atoms with E-state index in [1.165, 1.54) is 5.56 Å². The fraction of sp³-hybridized carbons (Fsp3) is 0.294. The van der Waals surface area contributed by atoms with Gasteiger partial charge >= 0.3 is 0 Å². The number of hydrogen-bond donors (Lipinski definition) is 1. The van der Waals surface area contributed by atoms with Gasteiger partial charge in [-0.05, 0) is 12.5 Å². The molecule has 0 radical (unpaired) electrons. The summed E-state index contributed by atoms with van der Waals surface area (Å²) in [5.74, 6) is 2.04. The van der Waals surface area contributed by atoms with Crippen LogP contribution in [0.4, 0.5) is 0 Å². The van der Waals surface area contributed by atoms with Crippen LogP contribution in [0.2, 0.25) is 0 Å². The molecule has 0 aliphatic heterocycles. The Morgan fingerprint density at radius 3 is 2.10 bits per heavy atom. The van der Waals surface area contributed by atoms with E-state index in [0.717, 1.165) is 5.56 Å². The highest BCUT2D eigenvalue weighted by molar-refractivity contribution is 5.42. The number of nitrogens with two attached hydrogens (primary N) is 1. The quantitative estimate of drug-likeness (QED) is 0.887. The number of aryl methyl sites for hydroxylation is 1. The maximum Gasteiger partial charge on any atom is 0.136 e. The number of benzene rings is 2. The Morgan fingerprint density at radius 1 is 0.952 bits per heavy atom. The number of rotatable bonds is 6. The van der Waals surface area contributed by atoms with E-state index in [1.807, 2.05) is 37.3 Å². The molecule has 0 aromatic heterocycles. The van der Waals surface area contributed by atoms with Crippen LogP contribution in [-0.4, -0.2) is 20.8 Å². The van der Waals surface area contributed by atoms with Crippen LogP contribution < -0.4 is 19.9 Å². The minimum absolute atomic E-state index is 0.207. The van der Waals surface area contributed by atoms with Gasteiger partial charge in [0.05, 0.1) is 14.2 Å². The molecule has 0 bridgehead atoms. The molecule has 0 saturated carbocycles. The third-order valence-corrected chi connectivity index (χ3v) is 3.23. The molecule has 0 saturated heterocycles. The van der Waals surface area contributed by atoms with Crippen molar-refractivity contribution in [2.24, 2.45) is 5.73 Å². The minimum atomic E-state index is -0.207. The van der Waals surface area contributed by atoms with Gasteiger partial charge in [-0.25, -0.2) is 0 Å². The highest BCUT2D eigenvalue weighted by Crippen LogP contribution is 2.30. The zero-order valence-electron chi connectivity index (χ0n) is 12.6. The van der Waals surface area contributed by atoms with Crippen molar-refractivity contribution >= 4 is 0 Å². The highest BCUT2D eigenvalue weighted by Gasteiger charge is 2.13. The number of hydrogen-bond acceptors (Lipinski definition) is 4. The molecule has 0 aliphatic carbocycles. The van der Waals surface area contributed by atoms with Gasteiger partial charge in [-0.3, -0.25) is 0 Å². The minimum Gasteiger partial charge on any atom is -0.496 e. The van der Waals surface area contributed by atoms with Crippen molar-refractivity contribution in [1.29, 1.82) is 0 Å². The molecule has 4 heteroatoms. The van der Waals surface area contributed by atoms with Gasteiger partial charge in [-0.1, -0.05) is 29.8 Å². The van der Waals surface area contributed by atoms with Crippen molar-refractivity contribution in [3.05, 3.63) is 53.6 Å². The van der Waals surface area contributed by atoms with Crippen molar-refractivity contribution in [3.63, 3.8) is 0 Å². The van der Waals surface area contributed by atoms with Gasteiger partial charge in [0.2, 0.25) is 0 Å². The van der Waals surface area contributed by atoms with Gasteiger partial charge in [0, 0.05) is 24.7 Å². The van der Waals surface area contributed by atoms with Crippen molar-refractivity contribution in [2.75, 3.05) is 20.8 Å². The van der Waals surface area contributed by atoms with E-state index in [1.54, 1.807) is 20.3 Å². The monoisotopic (exact) mass is 287 g/mol. The predicted octanol–water partition coefficient (Wildman–Crippen LogP) is 3.09. The van der Waals surface area contributed by atoms with E-state index in [2.05, 4.69) is 6.07 Å². The van der Waals surface area contributed by atoms with E-state index in [4.69, 9.17) is 19.9 Å². The van der Waals surface area contributed by atoms with Gasteiger partial charge < -0.3 is 19.9 Å². The molecule has 0 amide bonds. The number of ether oxygens (including phenoxy) is 3. The molecule has 21 heavy (non-hydrogen) atoms. The second-order valence-electron chi connectivity index (χ2n) is 4.80. The lowest BCUT2D eigenvalue weighted by Crippen LogP contribution is -2.18. The zero-order chi connectivity index (χ0) is 15.2. The van der Waals surface area contributed by atoms with Crippen molar-refractivity contribution < 1.29 is 14.2 Å². The summed E-state index contributed by atoms with van der Waals surface area (Å²) in [4.78, 5) is 0. The lowest BCUT2D eigenvalue weighted by molar-refractivity contribution is 0.212. The first kappa shape index (κ1) is 15.2. The average Bonchev–Trinajstić information content (AvgIpc) is 2.52. The van der Waals surface area contributed by atoms with Crippen LogP contribution in [0.15, 0.2) is 42.5 Å². The van der Waals surface area contributed by atoms with Crippen LogP contribution in [0.1, 0.15) is 17.2 Å². The second-order valence-corrected chi connectivity index (χ2v) is 4.80. The van der Waals surface area contributed by atoms with Gasteiger partial charge in [0.1, 0.15) is 23.4 Å². The third kappa shape index (κ3) is 3.89. The van der Waals surface area contributed by atoms with Crippen molar-refractivity contribution in [3.8, 4) is 17.2 Å². The summed E-state index contributed by atoms with van der Waals surface area (Å²) in [6, 6.07) is 13.6. The van der Waals surface area contributed by atoms with E-state index in [-0.39, 0.29) is 6.10 Å². The Morgan fingerprint density at radius 2 is 1.57 bits per heavy atom. The van der Waals surface area contributed by atoms with E-state index >= 15 is 0 Å². The standard InChI is InChI=1S/C17H21NO3/c1-12-5-4-6-13(7-12)17(11-18)21-16-9-14(19-2)8-15(10-16)20-3/h4-10,17H,11,18H2,1-3H3. The molecule has 0 heterocycles. The molecule has 2 rings (SSSR count). The molecular formula is C17H21NO3. The summed E-state index contributed by atoms with van der Waals surface area (Å²) in [6.45, 7) is 2.44. The Kier molecular flexibility index (Phi) is 5.06. The molecule has 112 valence electrons. The molecule has 2 N–H and O–H groups in total. The molecule has 0 fully saturated rings. The Balaban J connectivity index is 2.26. The smallest absolute Gasteiger partial charge is 0.136 e. The maximum absolute atomic E-state index is 6.00. The molecule has 2 aromatic rings. The summed E-state index contributed by atoms with van der Waals surface area (Å²) in [7, 11) is 3.22. The van der Waals surface area contributed by atoms with E-state index in [9.17, 15) is 0 Å². The SMILES string of the molecule is COc1cc(OC)cc(OC(CN)c2cccc(C)c2)c1. The van der Waals surface area contributed by atoms with Crippen LogP contribution >= 0.6 is 0 Å². The van der Waals surface area contributed by atoms with Crippen LogP contribution in [0.5, 0.6) is 17.2 Å². The number of methoxy groups -OCH3 is 2. The highest BCUT2D eigenvalue weighted by atomic mass is 16.5. The van der Waals surface area contributed by atoms with E-state index < -0.39 is 0 Å². The lowest BCUT2D eigenvalue weighted by atomic mass is 10.1. The largest absolute Gasteiger partial charge is 0.496 e. The summed E-state index contributed by atoms with van der Waals surface area (Å²) in [5, 5.41) is 0. The van der Waals surface area contributed by atoms with Crippen molar-refractivity contribution in [1.82, 2.24) is 0 Å². The average molecular weight is 287 g/mol. The molecule has 2 aromatic carbocycles. The summed E-state index contributed by atoms with van der Waals surface area (Å²) in [5.41, 5.74) is 8.09. The van der Waals surface area contributed by atoms with Gasteiger partial charge in [-0.15, -0.1) is 0 Å². The molecule has 4 nitrogen and oxygen atoms in total. The Labute approximate surface area is 125 Å². The van der Waals surface area contributed by atoms with Crippen LogP contribution in [0.25, 0.3) is 0 Å². The van der Waals surface area contributed by atoms with Crippen LogP contribution in [0, 0.1) is 6.92 Å². The van der Waals surface area contributed by atoms with Gasteiger partial charge in [0.25, 0.3) is 0 Å². The fourth-order valence-electron chi connectivity index (χ4n) is 2.14. The lowest BCUT2D eigenvalue weighted by Gasteiger charge is -2.19. The first-order chi connectivity index (χ1) is 10.2. The van der Waals surface area contributed by atoms with Crippen LogP contribution in [-0.2, 0) is 0 Å². The first-order valence-electron chi connectivity index (χ1n) is 6.82. The second kappa shape index (κ2) is 6.99. The molecular weight excluding hydrogens is 266 g/mol. The molecule has 1 unspecified atom stereocenters. The molecule has 0 aliphatic rings. The first-order valence-corrected chi connectivity index (χ1v) is 6.82. The summed E-state index contributed by atoms with van der Waals surface area (Å²) in [6.07, 6.45) is -0.207. The molecule has 0 spiro atoms. The van der Waals surface area contributed by atoms with Crippen LogP contribution in [0.3, 0.4) is 0 Å². The predicted molar refractivity (Wildman–Crippen MR) is 83.1 cm³/mol. The third-order valence-electron chi connectivity index (χ3n) is 3.23.